The van der Waals surface area contributed by atoms with Gasteiger partial charge in [-0.05, 0) is 55.4 Å². The molecule has 5 fully saturated rings. The van der Waals surface area contributed by atoms with E-state index in [-0.39, 0.29) is 46.7 Å². The number of nitrogens with one attached hydrogen (secondary N) is 1. The van der Waals surface area contributed by atoms with Crippen LogP contribution in [-0.4, -0.2) is 63.5 Å². The Morgan fingerprint density at radius 1 is 1.22 bits per heavy atom. The zero-order valence-corrected chi connectivity index (χ0v) is 25.7. The maximum Gasteiger partial charge on any atom is 0.320 e. The summed E-state index contributed by atoms with van der Waals surface area (Å²) >= 11 is 12.9. The van der Waals surface area contributed by atoms with E-state index in [9.17, 15) is 18.8 Å². The van der Waals surface area contributed by atoms with Crippen LogP contribution in [0.2, 0.25) is 10.0 Å². The summed E-state index contributed by atoms with van der Waals surface area (Å²) in [6, 6.07) is 10.9. The van der Waals surface area contributed by atoms with E-state index in [0.717, 1.165) is 36.0 Å². The number of pyridine rings is 1. The molecule has 1 N–H and O–H groups in total. The first-order valence-corrected chi connectivity index (χ1v) is 16.1. The van der Waals surface area contributed by atoms with Gasteiger partial charge in [-0.3, -0.25) is 4.98 Å². The van der Waals surface area contributed by atoms with Crippen molar-refractivity contribution in [3.63, 3.8) is 0 Å². The molecular formula is C33H29Cl2F3N6O. The van der Waals surface area contributed by atoms with E-state index >= 15 is 4.39 Å². The molecule has 45 heavy (non-hydrogen) atoms. The number of aryl methyl sites for hydroxylation is 1. The van der Waals surface area contributed by atoms with Gasteiger partial charge in [0.1, 0.15) is 5.52 Å². The number of amides is 2. The number of nitrogens with zero attached hydrogens (tertiary/aromatic N) is 5. The number of urea groups is 1. The fourth-order valence-corrected chi connectivity index (χ4v) is 8.40. The molecular weight excluding hydrogens is 624 g/mol. The molecule has 4 saturated heterocycles. The zero-order chi connectivity index (χ0) is 31.2. The number of carbonyl (C=O) groups excluding carboxylic acids is 1. The molecule has 1 aliphatic carbocycles. The third kappa shape index (κ3) is 4.42. The Balaban J connectivity index is 1.33. The Bertz CT molecular complexity index is 1920. The number of hydrogen-bond acceptors (Lipinski definition) is 4. The van der Waals surface area contributed by atoms with Crippen LogP contribution < -0.4 is 5.32 Å². The number of nitriles is 1. The average Bonchev–Trinajstić information content (AvgIpc) is 3.80. The lowest BCUT2D eigenvalue weighted by molar-refractivity contribution is -0.114. The second-order valence-corrected chi connectivity index (χ2v) is 13.5. The predicted molar refractivity (Wildman–Crippen MR) is 166 cm³/mol. The first-order valence-electron chi connectivity index (χ1n) is 15.3. The number of halogens is 5. The molecule has 0 radical (unpaired) electrons. The summed E-state index contributed by atoms with van der Waals surface area (Å²) in [7, 11) is 0. The quantitative estimate of drug-likeness (QED) is 0.242. The first-order chi connectivity index (χ1) is 21.7. The van der Waals surface area contributed by atoms with Gasteiger partial charge in [-0.15, -0.1) is 0 Å². The number of hydrogen-bond donors (Lipinski definition) is 1. The first kappa shape index (κ1) is 28.9. The van der Waals surface area contributed by atoms with Gasteiger partial charge >= 0.3 is 6.03 Å². The van der Waals surface area contributed by atoms with E-state index in [1.165, 1.54) is 4.90 Å². The maximum atomic E-state index is 16.8. The van der Waals surface area contributed by atoms with Gasteiger partial charge < -0.3 is 19.7 Å². The summed E-state index contributed by atoms with van der Waals surface area (Å²) < 4.78 is 46.4. The Labute approximate surface area is 267 Å². The van der Waals surface area contributed by atoms with Crippen molar-refractivity contribution >= 4 is 51.0 Å². The maximum absolute atomic E-state index is 16.8. The van der Waals surface area contributed by atoms with Gasteiger partial charge in [0, 0.05) is 59.3 Å². The van der Waals surface area contributed by atoms with Crippen LogP contribution in [0.1, 0.15) is 49.0 Å². The van der Waals surface area contributed by atoms with Crippen molar-refractivity contribution in [3.05, 3.63) is 63.6 Å². The Morgan fingerprint density at radius 3 is 2.76 bits per heavy atom. The van der Waals surface area contributed by atoms with Gasteiger partial charge in [0.05, 0.1) is 46.8 Å². The molecule has 2 aromatic heterocycles. The molecule has 232 valence electrons. The SMILES string of the molecule is N#CCCc1cc2c(ncc3cc([C@H]4CCCN4C(=O)N4CC(F)(F)C4)n([C@H]4[C@H]5CN[C@@H]4C5)c32)c(F)c1-c1cccc(Cl)c1Cl. The van der Waals surface area contributed by atoms with Crippen molar-refractivity contribution in [3.8, 4) is 17.2 Å². The summed E-state index contributed by atoms with van der Waals surface area (Å²) in [5.74, 6) is -3.01. The Morgan fingerprint density at radius 2 is 2.04 bits per heavy atom. The number of likely N-dealkylation sites (tertiary alicyclic amines) is 2. The largest absolute Gasteiger partial charge is 0.337 e. The lowest BCUT2D eigenvalue weighted by Gasteiger charge is -2.43. The summed E-state index contributed by atoms with van der Waals surface area (Å²) in [5.41, 5.74) is 3.27. The third-order valence-electron chi connectivity index (χ3n) is 10.1. The molecule has 1 saturated carbocycles. The molecule has 2 aromatic carbocycles. The van der Waals surface area contributed by atoms with Crippen LogP contribution in [0, 0.1) is 23.1 Å². The average molecular weight is 654 g/mol. The second kappa shape index (κ2) is 10.5. The number of rotatable bonds is 5. The molecule has 4 aromatic rings. The van der Waals surface area contributed by atoms with Crippen LogP contribution >= 0.6 is 23.2 Å². The number of alkyl halides is 2. The van der Waals surface area contributed by atoms with E-state index in [1.54, 1.807) is 29.3 Å². The summed E-state index contributed by atoms with van der Waals surface area (Å²) in [6.07, 6.45) is 4.64. The van der Waals surface area contributed by atoms with E-state index < -0.39 is 24.8 Å². The standard InChI is InChI=1S/C33H29Cl2F3N6O/c34-22-6-1-5-20(27(22)35)26-17(4-2-8-39)10-21-29(28(26)36)41-14-19-12-25(44(30(19)21)31-18-11-23(31)40-13-18)24-7-3-9-43(24)32(45)42-15-33(37,38)16-42/h1,5-6,10,12,14,18,23-24,31,40H,2-4,7,9,11,13,15-16H2/t18-,23-,24-,31+/m1/s1. The fraction of sp³-hybridized carbons (Fsp3) is 0.424. The van der Waals surface area contributed by atoms with Gasteiger partial charge in [0.25, 0.3) is 5.92 Å². The highest BCUT2D eigenvalue weighted by Crippen LogP contribution is 2.50. The summed E-state index contributed by atoms with van der Waals surface area (Å²) in [4.78, 5) is 21.0. The molecule has 0 unspecified atom stereocenters. The highest BCUT2D eigenvalue weighted by Gasteiger charge is 2.51. The van der Waals surface area contributed by atoms with Gasteiger partial charge in [-0.25, -0.2) is 18.0 Å². The van der Waals surface area contributed by atoms with Crippen LogP contribution in [0.5, 0.6) is 0 Å². The van der Waals surface area contributed by atoms with Gasteiger partial charge in [-0.1, -0.05) is 35.3 Å². The lowest BCUT2D eigenvalue weighted by Crippen LogP contribution is -2.61. The number of fused-ring (bicyclic) bond motifs is 4. The molecule has 2 bridgehead atoms. The van der Waals surface area contributed by atoms with Crippen molar-refractivity contribution in [1.82, 2.24) is 24.7 Å². The molecule has 12 heteroatoms. The molecule has 5 aliphatic rings. The van der Waals surface area contributed by atoms with Crippen LogP contribution in [0.15, 0.2) is 36.5 Å². The molecule has 4 aliphatic heterocycles. The highest BCUT2D eigenvalue weighted by molar-refractivity contribution is 6.43. The monoisotopic (exact) mass is 652 g/mol. The molecule has 9 rings (SSSR count). The highest BCUT2D eigenvalue weighted by atomic mass is 35.5. The van der Waals surface area contributed by atoms with E-state index in [0.29, 0.717) is 46.8 Å². The number of aromatic nitrogens is 2. The van der Waals surface area contributed by atoms with E-state index in [2.05, 4.69) is 20.9 Å². The van der Waals surface area contributed by atoms with Crippen LogP contribution in [0.25, 0.3) is 32.9 Å². The minimum absolute atomic E-state index is 0.0988. The second-order valence-electron chi connectivity index (χ2n) is 12.7. The smallest absolute Gasteiger partial charge is 0.320 e. The zero-order valence-electron chi connectivity index (χ0n) is 24.2. The lowest BCUT2D eigenvalue weighted by atomic mass is 9.79. The van der Waals surface area contributed by atoms with Crippen LogP contribution in [-0.2, 0) is 6.42 Å². The van der Waals surface area contributed by atoms with E-state index in [4.69, 9.17) is 23.2 Å². The summed E-state index contributed by atoms with van der Waals surface area (Å²) in [5, 5.41) is 15.0. The van der Waals surface area contributed by atoms with Crippen LogP contribution in [0.3, 0.4) is 0 Å². The molecule has 0 spiro atoms. The van der Waals surface area contributed by atoms with Crippen molar-refractivity contribution < 1.29 is 18.0 Å². The molecule has 6 heterocycles. The Hall–Kier alpha value is -3.52. The van der Waals surface area contributed by atoms with Gasteiger partial charge in [0.15, 0.2) is 5.82 Å². The topological polar surface area (TPSA) is 77.2 Å². The molecule has 2 amide bonds. The number of carbonyl (C=O) groups is 1. The Kier molecular flexibility index (Phi) is 6.75. The number of benzene rings is 2. The molecule has 4 atom stereocenters. The van der Waals surface area contributed by atoms with Gasteiger partial charge in [0.2, 0.25) is 0 Å². The van der Waals surface area contributed by atoms with Crippen molar-refractivity contribution in [2.75, 3.05) is 26.2 Å². The molecule has 7 nitrogen and oxygen atoms in total. The predicted octanol–water partition coefficient (Wildman–Crippen LogP) is 7.50. The minimum atomic E-state index is -2.84. The normalized spacial score (nSPS) is 25.1. The van der Waals surface area contributed by atoms with Crippen molar-refractivity contribution in [2.24, 2.45) is 5.92 Å². The van der Waals surface area contributed by atoms with Crippen molar-refractivity contribution in [1.29, 1.82) is 5.26 Å². The third-order valence-corrected chi connectivity index (χ3v) is 10.9. The van der Waals surface area contributed by atoms with Crippen molar-refractivity contribution in [2.45, 2.75) is 56.2 Å². The fourth-order valence-electron chi connectivity index (χ4n) is 8.01. The van der Waals surface area contributed by atoms with Crippen LogP contribution in [0.4, 0.5) is 18.0 Å². The van der Waals surface area contributed by atoms with E-state index in [1.807, 2.05) is 12.1 Å². The summed E-state index contributed by atoms with van der Waals surface area (Å²) in [6.45, 7) is 0.228. The minimum Gasteiger partial charge on any atom is -0.337 e. The van der Waals surface area contributed by atoms with Gasteiger partial charge in [-0.2, -0.15) is 5.26 Å².